The van der Waals surface area contributed by atoms with Crippen LogP contribution in [0.1, 0.15) is 17.5 Å². The number of benzene rings is 1. The summed E-state index contributed by atoms with van der Waals surface area (Å²) in [6.07, 6.45) is 5.53. The van der Waals surface area contributed by atoms with Crippen LogP contribution in [0.5, 0.6) is 5.75 Å². The van der Waals surface area contributed by atoms with E-state index in [-0.39, 0.29) is 11.7 Å². The predicted molar refractivity (Wildman–Crippen MR) is 76.7 cm³/mol. The third-order valence-electron chi connectivity index (χ3n) is 3.58. The van der Waals surface area contributed by atoms with Gasteiger partial charge in [-0.25, -0.2) is 0 Å². The number of hydrogen-bond acceptors (Lipinski definition) is 3. The highest BCUT2D eigenvalue weighted by Gasteiger charge is 2.25. The molecule has 0 radical (unpaired) electrons. The number of fused-ring (bicyclic) bond motifs is 1. The lowest BCUT2D eigenvalue weighted by Gasteiger charge is -2.30. The minimum absolute atomic E-state index is 0.000417. The van der Waals surface area contributed by atoms with Crippen molar-refractivity contribution in [1.82, 2.24) is 4.98 Å². The molecule has 0 atom stereocenters. The molecule has 4 heteroatoms. The number of phenols is 1. The van der Waals surface area contributed by atoms with Crippen molar-refractivity contribution in [3.63, 3.8) is 0 Å². The van der Waals surface area contributed by atoms with Crippen LogP contribution in [-0.2, 0) is 17.6 Å². The molecule has 0 spiro atoms. The molecule has 4 nitrogen and oxygen atoms in total. The molecule has 1 N–H and O–H groups in total. The Hall–Kier alpha value is -2.36. The average molecular weight is 268 g/mol. The van der Waals surface area contributed by atoms with Crippen molar-refractivity contribution >= 4 is 11.6 Å². The summed E-state index contributed by atoms with van der Waals surface area (Å²) in [5.74, 6) is 0.183. The second-order valence-electron chi connectivity index (χ2n) is 4.97. The molecule has 20 heavy (non-hydrogen) atoms. The minimum atomic E-state index is 0.000417. The van der Waals surface area contributed by atoms with Crippen LogP contribution in [0.4, 0.5) is 5.69 Å². The smallest absolute Gasteiger partial charge is 0.231 e. The van der Waals surface area contributed by atoms with Crippen LogP contribution in [0.15, 0.2) is 42.7 Å². The lowest BCUT2D eigenvalue weighted by atomic mass is 10.00. The third kappa shape index (κ3) is 2.37. The maximum atomic E-state index is 12.5. The SMILES string of the molecule is O=C(Cc1cccnc1)N1CCCc2cccc(O)c21. The van der Waals surface area contributed by atoms with Crippen molar-refractivity contribution in [3.05, 3.63) is 53.9 Å². The first-order chi connectivity index (χ1) is 9.75. The van der Waals surface area contributed by atoms with Crippen LogP contribution in [-0.4, -0.2) is 22.5 Å². The lowest BCUT2D eigenvalue weighted by molar-refractivity contribution is -0.118. The molecular weight excluding hydrogens is 252 g/mol. The van der Waals surface area contributed by atoms with Gasteiger partial charge in [-0.05, 0) is 36.1 Å². The van der Waals surface area contributed by atoms with Gasteiger partial charge in [0.2, 0.25) is 5.91 Å². The summed E-state index contributed by atoms with van der Waals surface area (Å²) >= 11 is 0. The van der Waals surface area contributed by atoms with Crippen molar-refractivity contribution in [3.8, 4) is 5.75 Å². The van der Waals surface area contributed by atoms with E-state index in [1.807, 2.05) is 24.3 Å². The van der Waals surface area contributed by atoms with Crippen LogP contribution < -0.4 is 4.90 Å². The maximum Gasteiger partial charge on any atom is 0.231 e. The summed E-state index contributed by atoms with van der Waals surface area (Å²) in [6.45, 7) is 0.656. The van der Waals surface area contributed by atoms with Gasteiger partial charge in [0.15, 0.2) is 0 Å². The molecule has 0 aliphatic carbocycles. The van der Waals surface area contributed by atoms with Crippen LogP contribution in [0.2, 0.25) is 0 Å². The fourth-order valence-corrected chi connectivity index (χ4v) is 2.65. The van der Waals surface area contributed by atoms with E-state index in [1.165, 1.54) is 0 Å². The number of anilines is 1. The number of nitrogens with zero attached hydrogens (tertiary/aromatic N) is 2. The van der Waals surface area contributed by atoms with Gasteiger partial charge in [0.1, 0.15) is 5.75 Å². The highest BCUT2D eigenvalue weighted by atomic mass is 16.3. The van der Waals surface area contributed by atoms with E-state index in [1.54, 1.807) is 23.4 Å². The first kappa shape index (κ1) is 12.7. The van der Waals surface area contributed by atoms with Gasteiger partial charge in [-0.1, -0.05) is 18.2 Å². The van der Waals surface area contributed by atoms with Gasteiger partial charge in [-0.3, -0.25) is 9.78 Å². The summed E-state index contributed by atoms with van der Waals surface area (Å²) in [7, 11) is 0. The number of aromatic hydroxyl groups is 1. The van der Waals surface area contributed by atoms with Gasteiger partial charge in [-0.2, -0.15) is 0 Å². The van der Waals surface area contributed by atoms with Crippen LogP contribution in [0, 0.1) is 0 Å². The number of carbonyl (C=O) groups excluding carboxylic acids is 1. The molecule has 1 aromatic heterocycles. The molecular formula is C16H16N2O2. The molecule has 3 rings (SSSR count). The summed E-state index contributed by atoms with van der Waals surface area (Å²) in [5.41, 5.74) is 2.60. The zero-order chi connectivity index (χ0) is 13.9. The third-order valence-corrected chi connectivity index (χ3v) is 3.58. The maximum absolute atomic E-state index is 12.5. The van der Waals surface area contributed by atoms with Crippen molar-refractivity contribution in [2.75, 3.05) is 11.4 Å². The standard InChI is InChI=1S/C16H16N2O2/c19-14-7-1-5-13-6-3-9-18(16(13)14)15(20)10-12-4-2-8-17-11-12/h1-2,4-5,7-8,11,19H,3,6,9-10H2. The molecule has 2 aromatic rings. The predicted octanol–water partition coefficient (Wildman–Crippen LogP) is 2.31. The molecule has 102 valence electrons. The monoisotopic (exact) mass is 268 g/mol. The Morgan fingerprint density at radius 3 is 3.00 bits per heavy atom. The number of pyridine rings is 1. The molecule has 0 bridgehead atoms. The fourth-order valence-electron chi connectivity index (χ4n) is 2.65. The molecule has 1 aromatic carbocycles. The number of carbonyl (C=O) groups is 1. The van der Waals surface area contributed by atoms with Crippen molar-refractivity contribution in [2.45, 2.75) is 19.3 Å². The Bertz CT molecular complexity index is 626. The van der Waals surface area contributed by atoms with E-state index >= 15 is 0 Å². The van der Waals surface area contributed by atoms with Gasteiger partial charge in [0.05, 0.1) is 12.1 Å². The largest absolute Gasteiger partial charge is 0.506 e. The van der Waals surface area contributed by atoms with Gasteiger partial charge >= 0.3 is 0 Å². The topological polar surface area (TPSA) is 53.4 Å². The second-order valence-corrected chi connectivity index (χ2v) is 4.97. The van der Waals surface area contributed by atoms with Crippen molar-refractivity contribution < 1.29 is 9.90 Å². The first-order valence-electron chi connectivity index (χ1n) is 6.76. The Morgan fingerprint density at radius 2 is 2.20 bits per heavy atom. The molecule has 1 amide bonds. The van der Waals surface area contributed by atoms with E-state index in [0.717, 1.165) is 24.0 Å². The molecule has 0 saturated heterocycles. The summed E-state index contributed by atoms with van der Waals surface area (Å²) in [6, 6.07) is 9.14. The van der Waals surface area contributed by atoms with E-state index in [9.17, 15) is 9.90 Å². The summed E-state index contributed by atoms with van der Waals surface area (Å²) in [4.78, 5) is 18.2. The Kier molecular flexibility index (Phi) is 3.37. The zero-order valence-corrected chi connectivity index (χ0v) is 11.1. The number of amides is 1. The molecule has 0 saturated carbocycles. The van der Waals surface area contributed by atoms with E-state index < -0.39 is 0 Å². The first-order valence-corrected chi connectivity index (χ1v) is 6.76. The molecule has 1 aliphatic heterocycles. The van der Waals surface area contributed by atoms with Crippen molar-refractivity contribution in [1.29, 1.82) is 0 Å². The van der Waals surface area contributed by atoms with Gasteiger partial charge in [0, 0.05) is 18.9 Å². The number of rotatable bonds is 2. The molecule has 1 aliphatic rings. The molecule has 0 unspecified atom stereocenters. The van der Waals surface area contributed by atoms with Crippen LogP contribution >= 0.6 is 0 Å². The number of aromatic nitrogens is 1. The second kappa shape index (κ2) is 5.33. The Morgan fingerprint density at radius 1 is 1.30 bits per heavy atom. The molecule has 2 heterocycles. The van der Waals surface area contributed by atoms with Gasteiger partial charge in [-0.15, -0.1) is 0 Å². The normalized spacial score (nSPS) is 13.9. The number of para-hydroxylation sites is 1. The lowest BCUT2D eigenvalue weighted by Crippen LogP contribution is -2.36. The van der Waals surface area contributed by atoms with Crippen LogP contribution in [0.3, 0.4) is 0 Å². The number of aryl methyl sites for hydroxylation is 1. The minimum Gasteiger partial charge on any atom is -0.506 e. The Balaban J connectivity index is 1.87. The summed E-state index contributed by atoms with van der Waals surface area (Å²) < 4.78 is 0. The zero-order valence-electron chi connectivity index (χ0n) is 11.1. The van der Waals surface area contributed by atoms with E-state index in [2.05, 4.69) is 4.98 Å². The van der Waals surface area contributed by atoms with Crippen LogP contribution in [0.25, 0.3) is 0 Å². The van der Waals surface area contributed by atoms with E-state index in [0.29, 0.717) is 18.7 Å². The van der Waals surface area contributed by atoms with Crippen molar-refractivity contribution in [2.24, 2.45) is 0 Å². The number of hydrogen-bond donors (Lipinski definition) is 1. The quantitative estimate of drug-likeness (QED) is 0.909. The summed E-state index contributed by atoms with van der Waals surface area (Å²) in [5, 5.41) is 10.0. The Labute approximate surface area is 117 Å². The average Bonchev–Trinajstić information content (AvgIpc) is 2.48. The number of phenolic OH excluding ortho intramolecular Hbond substituents is 1. The van der Waals surface area contributed by atoms with Gasteiger partial charge in [0.25, 0.3) is 0 Å². The van der Waals surface area contributed by atoms with Gasteiger partial charge < -0.3 is 10.0 Å². The highest BCUT2D eigenvalue weighted by Crippen LogP contribution is 2.35. The van der Waals surface area contributed by atoms with E-state index in [4.69, 9.17) is 0 Å². The highest BCUT2D eigenvalue weighted by molar-refractivity contribution is 5.97. The fraction of sp³-hybridized carbons (Fsp3) is 0.250. The molecule has 0 fully saturated rings.